The maximum Gasteiger partial charge on any atom is 0.233 e. The van der Waals surface area contributed by atoms with Crippen molar-refractivity contribution in [1.82, 2.24) is 15.0 Å². The fourth-order valence-electron chi connectivity index (χ4n) is 1.21. The Morgan fingerprint density at radius 3 is 3.00 bits per heavy atom. The molecule has 16 heavy (non-hydrogen) atoms. The van der Waals surface area contributed by atoms with E-state index in [-0.39, 0.29) is 0 Å². The van der Waals surface area contributed by atoms with Crippen LogP contribution < -0.4 is 4.74 Å². The minimum absolute atomic E-state index is 0.339. The van der Waals surface area contributed by atoms with Crippen molar-refractivity contribution in [2.75, 3.05) is 6.61 Å². The van der Waals surface area contributed by atoms with E-state index in [4.69, 9.17) is 16.3 Å². The number of hydrogen-bond donors (Lipinski definition) is 0. The van der Waals surface area contributed by atoms with E-state index in [1.54, 1.807) is 17.5 Å². The van der Waals surface area contributed by atoms with Crippen molar-refractivity contribution in [1.29, 1.82) is 0 Å². The molecule has 2 heterocycles. The summed E-state index contributed by atoms with van der Waals surface area (Å²) in [5.41, 5.74) is 2.90. The standard InChI is InChI=1S/C10H10ClN3OS/c1-7-8(16-6-13-7)2-3-15-10-5-12-4-9(11)14-10/h4-6H,2-3H2,1H3. The van der Waals surface area contributed by atoms with Crippen molar-refractivity contribution in [2.24, 2.45) is 0 Å². The topological polar surface area (TPSA) is 47.9 Å². The third-order valence-corrected chi connectivity index (χ3v) is 3.18. The lowest BCUT2D eigenvalue weighted by Crippen LogP contribution is -2.02. The summed E-state index contributed by atoms with van der Waals surface area (Å²) in [5.74, 6) is 0.453. The highest BCUT2D eigenvalue weighted by molar-refractivity contribution is 7.09. The molecule has 2 aromatic heterocycles. The van der Waals surface area contributed by atoms with Crippen LogP contribution in [0.2, 0.25) is 5.15 Å². The number of rotatable bonds is 4. The Bertz CT molecular complexity index is 475. The maximum absolute atomic E-state index is 5.69. The van der Waals surface area contributed by atoms with E-state index in [2.05, 4.69) is 15.0 Å². The molecule has 0 radical (unpaired) electrons. The van der Waals surface area contributed by atoms with Crippen LogP contribution in [0.5, 0.6) is 5.88 Å². The van der Waals surface area contributed by atoms with E-state index < -0.39 is 0 Å². The number of aromatic nitrogens is 3. The minimum atomic E-state index is 0.339. The second-order valence-corrected chi connectivity index (χ2v) is 4.47. The molecule has 0 N–H and O–H groups in total. The summed E-state index contributed by atoms with van der Waals surface area (Å²) in [4.78, 5) is 13.3. The summed E-state index contributed by atoms with van der Waals surface area (Å²) in [5, 5.41) is 0.339. The number of nitrogens with zero attached hydrogens (tertiary/aromatic N) is 3. The van der Waals surface area contributed by atoms with Crippen LogP contribution in [0, 0.1) is 6.92 Å². The van der Waals surface area contributed by atoms with E-state index in [1.165, 1.54) is 11.1 Å². The van der Waals surface area contributed by atoms with E-state index in [9.17, 15) is 0 Å². The van der Waals surface area contributed by atoms with Gasteiger partial charge in [-0.1, -0.05) is 11.6 Å². The lowest BCUT2D eigenvalue weighted by atomic mass is 10.3. The van der Waals surface area contributed by atoms with Crippen molar-refractivity contribution >= 4 is 22.9 Å². The smallest absolute Gasteiger partial charge is 0.233 e. The number of ether oxygens (including phenoxy) is 1. The Labute approximate surface area is 102 Å². The van der Waals surface area contributed by atoms with Gasteiger partial charge in [0.2, 0.25) is 5.88 Å². The maximum atomic E-state index is 5.69. The van der Waals surface area contributed by atoms with Gasteiger partial charge >= 0.3 is 0 Å². The van der Waals surface area contributed by atoms with Gasteiger partial charge in [-0.3, -0.25) is 4.98 Å². The normalized spacial score (nSPS) is 10.4. The van der Waals surface area contributed by atoms with Crippen LogP contribution in [0.3, 0.4) is 0 Å². The Morgan fingerprint density at radius 2 is 2.31 bits per heavy atom. The van der Waals surface area contributed by atoms with Crippen molar-refractivity contribution in [2.45, 2.75) is 13.3 Å². The lowest BCUT2D eigenvalue weighted by Gasteiger charge is -2.03. The van der Waals surface area contributed by atoms with Crippen molar-refractivity contribution < 1.29 is 4.74 Å². The first kappa shape index (κ1) is 11.3. The highest BCUT2D eigenvalue weighted by atomic mass is 35.5. The van der Waals surface area contributed by atoms with E-state index in [1.807, 2.05) is 12.4 Å². The first-order chi connectivity index (χ1) is 7.75. The highest BCUT2D eigenvalue weighted by Crippen LogP contribution is 2.14. The SMILES string of the molecule is Cc1ncsc1CCOc1cncc(Cl)n1. The number of halogens is 1. The predicted molar refractivity (Wildman–Crippen MR) is 63.1 cm³/mol. The molecule has 2 rings (SSSR count). The van der Waals surface area contributed by atoms with Crippen molar-refractivity contribution in [3.05, 3.63) is 33.6 Å². The van der Waals surface area contributed by atoms with Crippen LogP contribution in [0.15, 0.2) is 17.9 Å². The van der Waals surface area contributed by atoms with Crippen LogP contribution in [0.4, 0.5) is 0 Å². The highest BCUT2D eigenvalue weighted by Gasteiger charge is 2.02. The molecule has 4 nitrogen and oxygen atoms in total. The average molecular weight is 256 g/mol. The molecule has 0 unspecified atom stereocenters. The average Bonchev–Trinajstić information content (AvgIpc) is 2.65. The van der Waals surface area contributed by atoms with Gasteiger partial charge in [0.1, 0.15) is 0 Å². The summed E-state index contributed by atoms with van der Waals surface area (Å²) in [6, 6.07) is 0. The molecule has 0 aromatic carbocycles. The molecule has 0 aliphatic heterocycles. The third-order valence-electron chi connectivity index (χ3n) is 2.01. The largest absolute Gasteiger partial charge is 0.476 e. The van der Waals surface area contributed by atoms with Gasteiger partial charge in [0.25, 0.3) is 0 Å². The third kappa shape index (κ3) is 2.90. The van der Waals surface area contributed by atoms with Crippen LogP contribution in [-0.4, -0.2) is 21.6 Å². The Hall–Kier alpha value is -1.20. The molecule has 0 amide bonds. The number of hydrogen-bond acceptors (Lipinski definition) is 5. The molecule has 2 aromatic rings. The zero-order valence-corrected chi connectivity index (χ0v) is 10.3. The van der Waals surface area contributed by atoms with E-state index in [0.717, 1.165) is 12.1 Å². The zero-order valence-electron chi connectivity index (χ0n) is 8.68. The van der Waals surface area contributed by atoms with Gasteiger partial charge in [0.05, 0.1) is 30.2 Å². The Balaban J connectivity index is 1.87. The quantitative estimate of drug-likeness (QED) is 0.842. The number of thiazole rings is 1. The van der Waals surface area contributed by atoms with Crippen LogP contribution in [0.1, 0.15) is 10.6 Å². The van der Waals surface area contributed by atoms with E-state index >= 15 is 0 Å². The van der Waals surface area contributed by atoms with Gasteiger partial charge in [0, 0.05) is 11.3 Å². The predicted octanol–water partition coefficient (Wildman–Crippen LogP) is 2.52. The summed E-state index contributed by atoms with van der Waals surface area (Å²) in [6.07, 6.45) is 3.85. The van der Waals surface area contributed by atoms with Crippen molar-refractivity contribution in [3.63, 3.8) is 0 Å². The van der Waals surface area contributed by atoms with E-state index in [0.29, 0.717) is 17.6 Å². The first-order valence-corrected chi connectivity index (χ1v) is 6.01. The summed E-state index contributed by atoms with van der Waals surface area (Å²) in [6.45, 7) is 2.54. The molecular formula is C10H10ClN3OS. The number of aryl methyl sites for hydroxylation is 1. The molecule has 0 fully saturated rings. The van der Waals surface area contributed by atoms with Gasteiger partial charge < -0.3 is 4.74 Å². The van der Waals surface area contributed by atoms with Gasteiger partial charge in [-0.25, -0.2) is 4.98 Å². The minimum Gasteiger partial charge on any atom is -0.476 e. The van der Waals surface area contributed by atoms with Gasteiger partial charge in [-0.05, 0) is 6.92 Å². The fourth-order valence-corrected chi connectivity index (χ4v) is 2.11. The molecule has 0 saturated heterocycles. The molecular weight excluding hydrogens is 246 g/mol. The van der Waals surface area contributed by atoms with Gasteiger partial charge in [-0.15, -0.1) is 11.3 Å². The first-order valence-electron chi connectivity index (χ1n) is 4.75. The summed E-state index contributed by atoms with van der Waals surface area (Å²) < 4.78 is 5.44. The van der Waals surface area contributed by atoms with Gasteiger partial charge in [-0.2, -0.15) is 4.98 Å². The fraction of sp³-hybridized carbons (Fsp3) is 0.300. The second-order valence-electron chi connectivity index (χ2n) is 3.14. The molecule has 0 saturated carbocycles. The second kappa shape index (κ2) is 5.23. The van der Waals surface area contributed by atoms with Crippen molar-refractivity contribution in [3.8, 4) is 5.88 Å². The molecule has 0 spiro atoms. The lowest BCUT2D eigenvalue weighted by molar-refractivity contribution is 0.309. The molecule has 0 bridgehead atoms. The Kier molecular flexibility index (Phi) is 3.69. The zero-order chi connectivity index (χ0) is 11.4. The summed E-state index contributed by atoms with van der Waals surface area (Å²) in [7, 11) is 0. The van der Waals surface area contributed by atoms with Crippen LogP contribution in [-0.2, 0) is 6.42 Å². The molecule has 0 aliphatic rings. The van der Waals surface area contributed by atoms with Crippen LogP contribution in [0.25, 0.3) is 0 Å². The summed E-state index contributed by atoms with van der Waals surface area (Å²) >= 11 is 7.32. The van der Waals surface area contributed by atoms with Gasteiger partial charge in [0.15, 0.2) is 5.15 Å². The Morgan fingerprint density at radius 1 is 1.44 bits per heavy atom. The molecule has 84 valence electrons. The van der Waals surface area contributed by atoms with Crippen LogP contribution >= 0.6 is 22.9 Å². The molecule has 6 heteroatoms. The molecule has 0 atom stereocenters. The monoisotopic (exact) mass is 255 g/mol. The molecule has 0 aliphatic carbocycles.